The summed E-state index contributed by atoms with van der Waals surface area (Å²) in [5.74, 6) is -0.439. The molecule has 0 radical (unpaired) electrons. The van der Waals surface area contributed by atoms with Gasteiger partial charge in [0.15, 0.2) is 0 Å². The Morgan fingerprint density at radius 1 is 1.20 bits per heavy atom. The molecule has 1 aromatic carbocycles. The number of piperidine rings is 1. The van der Waals surface area contributed by atoms with E-state index in [1.54, 1.807) is 0 Å². The first kappa shape index (κ1) is 15.4. The van der Waals surface area contributed by atoms with Crippen molar-refractivity contribution in [3.05, 3.63) is 30.1 Å². The standard InChI is InChI=1S/C14H21FN2O2S/c1-12(17-9-3-2-4-10-17)11-16-20(18,19)14-7-5-13(15)6-8-14/h5-8,12,16H,2-4,9-11H2,1H3. The van der Waals surface area contributed by atoms with E-state index in [0.717, 1.165) is 25.2 Å². The molecule has 1 atom stereocenters. The maximum atomic E-state index is 12.8. The zero-order chi connectivity index (χ0) is 14.6. The molecule has 1 fully saturated rings. The second kappa shape index (κ2) is 6.65. The zero-order valence-corrected chi connectivity index (χ0v) is 12.5. The molecule has 6 heteroatoms. The van der Waals surface area contributed by atoms with E-state index in [1.807, 2.05) is 6.92 Å². The summed E-state index contributed by atoms with van der Waals surface area (Å²) in [6.45, 7) is 4.46. The Morgan fingerprint density at radius 2 is 1.80 bits per heavy atom. The summed E-state index contributed by atoms with van der Waals surface area (Å²) in [4.78, 5) is 2.40. The van der Waals surface area contributed by atoms with E-state index in [4.69, 9.17) is 0 Å². The number of hydrogen-bond acceptors (Lipinski definition) is 3. The molecule has 1 saturated heterocycles. The third kappa shape index (κ3) is 4.01. The largest absolute Gasteiger partial charge is 0.299 e. The molecule has 1 aliphatic rings. The molecule has 20 heavy (non-hydrogen) atoms. The molecule has 1 aliphatic heterocycles. The predicted octanol–water partition coefficient (Wildman–Crippen LogP) is 1.98. The van der Waals surface area contributed by atoms with Gasteiger partial charge in [0.05, 0.1) is 4.90 Å². The molecule has 0 aliphatic carbocycles. The van der Waals surface area contributed by atoms with E-state index in [0.29, 0.717) is 6.54 Å². The fourth-order valence-corrected chi connectivity index (χ4v) is 3.54. The summed E-state index contributed by atoms with van der Waals surface area (Å²) in [6, 6.07) is 5.04. The van der Waals surface area contributed by atoms with Gasteiger partial charge in [-0.2, -0.15) is 0 Å². The van der Waals surface area contributed by atoms with Crippen molar-refractivity contribution in [3.8, 4) is 0 Å². The van der Waals surface area contributed by atoms with Crippen molar-refractivity contribution in [2.45, 2.75) is 37.1 Å². The molecular formula is C14H21FN2O2S. The van der Waals surface area contributed by atoms with Gasteiger partial charge in [-0.3, -0.25) is 4.90 Å². The molecule has 1 aromatic rings. The maximum absolute atomic E-state index is 12.8. The number of likely N-dealkylation sites (tertiary alicyclic amines) is 1. The first-order valence-electron chi connectivity index (χ1n) is 6.98. The molecular weight excluding hydrogens is 279 g/mol. The van der Waals surface area contributed by atoms with Gasteiger partial charge < -0.3 is 0 Å². The molecule has 1 N–H and O–H groups in total. The summed E-state index contributed by atoms with van der Waals surface area (Å²) in [5.41, 5.74) is 0. The van der Waals surface area contributed by atoms with Gasteiger partial charge in [-0.25, -0.2) is 17.5 Å². The van der Waals surface area contributed by atoms with Crippen LogP contribution in [-0.2, 0) is 10.0 Å². The van der Waals surface area contributed by atoms with Gasteiger partial charge in [-0.05, 0) is 57.1 Å². The Labute approximate surface area is 120 Å². The molecule has 0 aromatic heterocycles. The number of rotatable bonds is 5. The number of benzene rings is 1. The number of nitrogens with one attached hydrogen (secondary N) is 1. The highest BCUT2D eigenvalue weighted by molar-refractivity contribution is 7.89. The van der Waals surface area contributed by atoms with E-state index in [2.05, 4.69) is 9.62 Å². The van der Waals surface area contributed by atoms with E-state index < -0.39 is 15.8 Å². The Bertz CT molecular complexity index is 525. The van der Waals surface area contributed by atoms with E-state index in [1.165, 1.54) is 31.4 Å². The molecule has 0 saturated carbocycles. The molecule has 0 bridgehead atoms. The van der Waals surface area contributed by atoms with E-state index in [-0.39, 0.29) is 10.9 Å². The lowest BCUT2D eigenvalue weighted by Gasteiger charge is -2.32. The van der Waals surface area contributed by atoms with Gasteiger partial charge in [0.25, 0.3) is 0 Å². The maximum Gasteiger partial charge on any atom is 0.240 e. The van der Waals surface area contributed by atoms with E-state index >= 15 is 0 Å². The van der Waals surface area contributed by atoms with Crippen LogP contribution in [-0.4, -0.2) is 39.0 Å². The van der Waals surface area contributed by atoms with Gasteiger partial charge in [-0.15, -0.1) is 0 Å². The number of sulfonamides is 1. The number of nitrogens with zero attached hydrogens (tertiary/aromatic N) is 1. The van der Waals surface area contributed by atoms with Gasteiger partial charge in [0.1, 0.15) is 5.82 Å². The van der Waals surface area contributed by atoms with Crippen molar-refractivity contribution in [1.82, 2.24) is 9.62 Å². The highest BCUT2D eigenvalue weighted by atomic mass is 32.2. The first-order valence-corrected chi connectivity index (χ1v) is 8.46. The molecule has 1 unspecified atom stereocenters. The molecule has 4 nitrogen and oxygen atoms in total. The third-order valence-electron chi connectivity index (χ3n) is 3.71. The SMILES string of the molecule is CC(CNS(=O)(=O)c1ccc(F)cc1)N1CCCCC1. The monoisotopic (exact) mass is 300 g/mol. The van der Waals surface area contributed by atoms with Gasteiger partial charge in [0, 0.05) is 12.6 Å². The normalized spacial score (nSPS) is 18.9. The van der Waals surface area contributed by atoms with Crippen LogP contribution in [0.25, 0.3) is 0 Å². The van der Waals surface area contributed by atoms with Crippen molar-refractivity contribution in [2.75, 3.05) is 19.6 Å². The average molecular weight is 300 g/mol. The number of hydrogen-bond donors (Lipinski definition) is 1. The minimum Gasteiger partial charge on any atom is -0.299 e. The van der Waals surface area contributed by atoms with Crippen LogP contribution < -0.4 is 4.72 Å². The van der Waals surface area contributed by atoms with Gasteiger partial charge >= 0.3 is 0 Å². The van der Waals surface area contributed by atoms with Crippen LogP contribution in [0.3, 0.4) is 0 Å². The lowest BCUT2D eigenvalue weighted by atomic mass is 10.1. The zero-order valence-electron chi connectivity index (χ0n) is 11.7. The van der Waals surface area contributed by atoms with Crippen molar-refractivity contribution in [1.29, 1.82) is 0 Å². The van der Waals surface area contributed by atoms with Gasteiger partial charge in [0.2, 0.25) is 10.0 Å². The summed E-state index contributed by atoms with van der Waals surface area (Å²) in [7, 11) is -3.55. The van der Waals surface area contributed by atoms with Crippen molar-refractivity contribution in [3.63, 3.8) is 0 Å². The molecule has 0 spiro atoms. The summed E-state index contributed by atoms with van der Waals surface area (Å²) in [5, 5.41) is 0. The third-order valence-corrected chi connectivity index (χ3v) is 5.15. The van der Waals surface area contributed by atoms with Crippen LogP contribution in [0.4, 0.5) is 4.39 Å². The lowest BCUT2D eigenvalue weighted by Crippen LogP contribution is -2.44. The molecule has 2 rings (SSSR count). The highest BCUT2D eigenvalue weighted by Crippen LogP contribution is 2.13. The second-order valence-corrected chi connectivity index (χ2v) is 7.02. The Hall–Kier alpha value is -0.980. The molecule has 1 heterocycles. The second-order valence-electron chi connectivity index (χ2n) is 5.25. The van der Waals surface area contributed by atoms with E-state index in [9.17, 15) is 12.8 Å². The first-order chi connectivity index (χ1) is 9.49. The summed E-state index contributed by atoms with van der Waals surface area (Å²) >= 11 is 0. The fraction of sp³-hybridized carbons (Fsp3) is 0.571. The van der Waals surface area contributed by atoms with Crippen molar-refractivity contribution in [2.24, 2.45) is 0 Å². The Morgan fingerprint density at radius 3 is 2.40 bits per heavy atom. The smallest absolute Gasteiger partial charge is 0.240 e. The summed E-state index contributed by atoms with van der Waals surface area (Å²) < 4.78 is 39.6. The van der Waals surface area contributed by atoms with Crippen LogP contribution in [0.5, 0.6) is 0 Å². The van der Waals surface area contributed by atoms with Crippen LogP contribution in [0, 0.1) is 5.82 Å². The summed E-state index contributed by atoms with van der Waals surface area (Å²) in [6.07, 6.45) is 3.61. The van der Waals surface area contributed by atoms with Crippen LogP contribution in [0.15, 0.2) is 29.2 Å². The topological polar surface area (TPSA) is 49.4 Å². The minimum atomic E-state index is -3.55. The number of halogens is 1. The average Bonchev–Trinajstić information content (AvgIpc) is 2.46. The van der Waals surface area contributed by atoms with Gasteiger partial charge in [-0.1, -0.05) is 6.42 Å². The Balaban J connectivity index is 1.93. The minimum absolute atomic E-state index is 0.102. The lowest BCUT2D eigenvalue weighted by molar-refractivity contribution is 0.175. The van der Waals surface area contributed by atoms with Crippen LogP contribution in [0.1, 0.15) is 26.2 Å². The quantitative estimate of drug-likeness (QED) is 0.904. The predicted molar refractivity (Wildman–Crippen MR) is 76.5 cm³/mol. The van der Waals surface area contributed by atoms with Crippen LogP contribution >= 0.6 is 0 Å². The van der Waals surface area contributed by atoms with Crippen molar-refractivity contribution < 1.29 is 12.8 Å². The molecule has 0 amide bonds. The Kier molecular flexibility index (Phi) is 5.12. The highest BCUT2D eigenvalue weighted by Gasteiger charge is 2.20. The molecule has 112 valence electrons. The van der Waals surface area contributed by atoms with Crippen molar-refractivity contribution >= 4 is 10.0 Å². The van der Waals surface area contributed by atoms with Crippen LogP contribution in [0.2, 0.25) is 0 Å². The fourth-order valence-electron chi connectivity index (χ4n) is 2.42.